The Morgan fingerprint density at radius 1 is 1.11 bits per heavy atom. The van der Waals surface area contributed by atoms with Gasteiger partial charge >= 0.3 is 5.97 Å². The topological polar surface area (TPSA) is 64.6 Å². The van der Waals surface area contributed by atoms with E-state index < -0.39 is 11.4 Å². The molecule has 1 saturated heterocycles. The molecule has 0 saturated carbocycles. The number of ether oxygens (including phenoxy) is 2. The van der Waals surface area contributed by atoms with Crippen LogP contribution in [0.2, 0.25) is 0 Å². The van der Waals surface area contributed by atoms with Crippen LogP contribution >= 0.6 is 0 Å². The fourth-order valence-electron chi connectivity index (χ4n) is 3.46. The van der Waals surface area contributed by atoms with Crippen LogP contribution in [0.5, 0.6) is 0 Å². The first-order valence-electron chi connectivity index (χ1n) is 9.29. The summed E-state index contributed by atoms with van der Waals surface area (Å²) in [6.45, 7) is 5.08. The second-order valence-corrected chi connectivity index (χ2v) is 6.76. The van der Waals surface area contributed by atoms with Crippen LogP contribution in [0, 0.1) is 6.92 Å². The first-order chi connectivity index (χ1) is 13.1. The van der Waals surface area contributed by atoms with Crippen molar-refractivity contribution < 1.29 is 19.1 Å². The van der Waals surface area contributed by atoms with Gasteiger partial charge in [-0.2, -0.15) is 0 Å². The summed E-state index contributed by atoms with van der Waals surface area (Å²) in [5.74, 6) is -0.460. The molecule has 1 heterocycles. The molecule has 1 aliphatic heterocycles. The Kier molecular flexibility index (Phi) is 5.91. The van der Waals surface area contributed by atoms with Crippen molar-refractivity contribution in [2.24, 2.45) is 0 Å². The van der Waals surface area contributed by atoms with Crippen LogP contribution in [-0.4, -0.2) is 31.7 Å². The Hall–Kier alpha value is -2.66. The third-order valence-corrected chi connectivity index (χ3v) is 5.10. The summed E-state index contributed by atoms with van der Waals surface area (Å²) < 4.78 is 10.6. The highest BCUT2D eigenvalue weighted by Gasteiger charge is 2.41. The van der Waals surface area contributed by atoms with Gasteiger partial charge in [-0.3, -0.25) is 4.79 Å². The number of benzene rings is 2. The van der Waals surface area contributed by atoms with E-state index in [1.807, 2.05) is 43.3 Å². The van der Waals surface area contributed by atoms with Crippen LogP contribution in [0.25, 0.3) is 0 Å². The molecule has 1 N–H and O–H groups in total. The van der Waals surface area contributed by atoms with E-state index in [0.29, 0.717) is 43.9 Å². The van der Waals surface area contributed by atoms with Crippen LogP contribution in [0.3, 0.4) is 0 Å². The van der Waals surface area contributed by atoms with E-state index in [1.165, 1.54) is 0 Å². The predicted octanol–water partition coefficient (Wildman–Crippen LogP) is 3.86. The Morgan fingerprint density at radius 3 is 2.48 bits per heavy atom. The number of amides is 1. The minimum absolute atomic E-state index is 0.0684. The van der Waals surface area contributed by atoms with E-state index >= 15 is 0 Å². The second-order valence-electron chi connectivity index (χ2n) is 6.76. The van der Waals surface area contributed by atoms with Gasteiger partial charge in [0.2, 0.25) is 5.91 Å². The van der Waals surface area contributed by atoms with Crippen molar-refractivity contribution in [3.63, 3.8) is 0 Å². The predicted molar refractivity (Wildman–Crippen MR) is 104 cm³/mol. The molecule has 1 fully saturated rings. The van der Waals surface area contributed by atoms with Crippen LogP contribution < -0.4 is 5.32 Å². The van der Waals surface area contributed by atoms with Gasteiger partial charge in [0.05, 0.1) is 17.6 Å². The molecule has 27 heavy (non-hydrogen) atoms. The summed E-state index contributed by atoms with van der Waals surface area (Å²) in [5, 5.41) is 3.05. The maximum absolute atomic E-state index is 13.4. The van der Waals surface area contributed by atoms with Gasteiger partial charge in [0, 0.05) is 18.9 Å². The van der Waals surface area contributed by atoms with Crippen molar-refractivity contribution in [3.8, 4) is 0 Å². The van der Waals surface area contributed by atoms with Crippen molar-refractivity contribution in [1.29, 1.82) is 0 Å². The molecule has 2 aromatic carbocycles. The lowest BCUT2D eigenvalue weighted by molar-refractivity contribution is -0.125. The summed E-state index contributed by atoms with van der Waals surface area (Å²) in [6, 6.07) is 15.1. The molecule has 3 rings (SSSR count). The van der Waals surface area contributed by atoms with Crippen LogP contribution in [0.1, 0.15) is 41.3 Å². The highest BCUT2D eigenvalue weighted by Crippen LogP contribution is 2.36. The molecule has 0 spiro atoms. The van der Waals surface area contributed by atoms with Gasteiger partial charge in [-0.1, -0.05) is 36.4 Å². The molecule has 1 amide bonds. The average Bonchev–Trinajstić information content (AvgIpc) is 2.71. The van der Waals surface area contributed by atoms with Crippen molar-refractivity contribution in [1.82, 2.24) is 0 Å². The molecule has 142 valence electrons. The fraction of sp³-hybridized carbons (Fsp3) is 0.364. The second kappa shape index (κ2) is 8.35. The smallest absolute Gasteiger partial charge is 0.338 e. The SMILES string of the molecule is CCOC(=O)c1ccc(C)c(NC(=O)C2(c3ccccc3)CCOCC2)c1. The Morgan fingerprint density at radius 2 is 1.81 bits per heavy atom. The average molecular weight is 367 g/mol. The number of hydrogen-bond acceptors (Lipinski definition) is 4. The third-order valence-electron chi connectivity index (χ3n) is 5.10. The zero-order valence-corrected chi connectivity index (χ0v) is 15.8. The third kappa shape index (κ3) is 4.03. The molecule has 0 aliphatic carbocycles. The van der Waals surface area contributed by atoms with Crippen molar-refractivity contribution in [2.45, 2.75) is 32.1 Å². The number of esters is 1. The normalized spacial score (nSPS) is 15.8. The first kappa shape index (κ1) is 19.1. The number of anilines is 1. The minimum Gasteiger partial charge on any atom is -0.462 e. The quantitative estimate of drug-likeness (QED) is 0.815. The highest BCUT2D eigenvalue weighted by atomic mass is 16.5. The first-order valence-corrected chi connectivity index (χ1v) is 9.29. The summed E-state index contributed by atoms with van der Waals surface area (Å²) >= 11 is 0. The van der Waals surface area contributed by atoms with Crippen molar-refractivity contribution in [3.05, 3.63) is 65.2 Å². The zero-order valence-electron chi connectivity index (χ0n) is 15.8. The van der Waals surface area contributed by atoms with Gasteiger partial charge in [-0.25, -0.2) is 4.79 Å². The molecule has 0 aromatic heterocycles. The largest absolute Gasteiger partial charge is 0.462 e. The van der Waals surface area contributed by atoms with Crippen LogP contribution in [-0.2, 0) is 19.7 Å². The van der Waals surface area contributed by atoms with Crippen molar-refractivity contribution >= 4 is 17.6 Å². The number of rotatable bonds is 5. The summed E-state index contributed by atoms with van der Waals surface area (Å²) in [7, 11) is 0. The molecular formula is C22H25NO4. The van der Waals surface area contributed by atoms with Gasteiger partial charge in [0.25, 0.3) is 0 Å². The number of nitrogens with one attached hydrogen (secondary N) is 1. The van der Waals surface area contributed by atoms with Gasteiger partial charge in [-0.05, 0) is 49.9 Å². The Balaban J connectivity index is 1.90. The van der Waals surface area contributed by atoms with E-state index in [-0.39, 0.29) is 5.91 Å². The lowest BCUT2D eigenvalue weighted by atomic mass is 9.73. The molecule has 0 radical (unpaired) electrons. The number of hydrogen-bond donors (Lipinski definition) is 1. The van der Waals surface area contributed by atoms with E-state index in [0.717, 1.165) is 11.1 Å². The monoisotopic (exact) mass is 367 g/mol. The fourth-order valence-corrected chi connectivity index (χ4v) is 3.46. The molecule has 0 unspecified atom stereocenters. The maximum atomic E-state index is 13.4. The summed E-state index contributed by atoms with van der Waals surface area (Å²) in [5.41, 5.74) is 2.31. The molecule has 5 nitrogen and oxygen atoms in total. The van der Waals surface area contributed by atoms with Crippen LogP contribution in [0.4, 0.5) is 5.69 Å². The summed E-state index contributed by atoms with van der Waals surface area (Å²) in [4.78, 5) is 25.4. The van der Waals surface area contributed by atoms with E-state index in [4.69, 9.17) is 9.47 Å². The van der Waals surface area contributed by atoms with Gasteiger partial charge in [0.1, 0.15) is 0 Å². The molecule has 1 aliphatic rings. The number of carbonyl (C=O) groups is 2. The zero-order chi connectivity index (χ0) is 19.3. The molecule has 2 aromatic rings. The minimum atomic E-state index is -0.633. The highest BCUT2D eigenvalue weighted by molar-refractivity contribution is 6.01. The van der Waals surface area contributed by atoms with Crippen LogP contribution in [0.15, 0.2) is 48.5 Å². The molecule has 0 atom stereocenters. The van der Waals surface area contributed by atoms with Gasteiger partial charge in [0.15, 0.2) is 0 Å². The summed E-state index contributed by atoms with van der Waals surface area (Å²) in [6.07, 6.45) is 1.25. The molecule has 0 bridgehead atoms. The number of aryl methyl sites for hydroxylation is 1. The Labute approximate surface area is 159 Å². The molecule has 5 heteroatoms. The molecular weight excluding hydrogens is 342 g/mol. The lowest BCUT2D eigenvalue weighted by Gasteiger charge is -2.36. The lowest BCUT2D eigenvalue weighted by Crippen LogP contribution is -2.45. The maximum Gasteiger partial charge on any atom is 0.338 e. The van der Waals surface area contributed by atoms with E-state index in [1.54, 1.807) is 19.1 Å². The number of carbonyl (C=O) groups excluding carboxylic acids is 2. The van der Waals surface area contributed by atoms with E-state index in [2.05, 4.69) is 5.32 Å². The standard InChI is InChI=1S/C22H25NO4/c1-3-27-20(24)17-10-9-16(2)19(15-17)23-21(25)22(11-13-26-14-12-22)18-7-5-4-6-8-18/h4-10,15H,3,11-14H2,1-2H3,(H,23,25). The van der Waals surface area contributed by atoms with Gasteiger partial charge in [-0.15, -0.1) is 0 Å². The van der Waals surface area contributed by atoms with E-state index in [9.17, 15) is 9.59 Å². The van der Waals surface area contributed by atoms with Gasteiger partial charge < -0.3 is 14.8 Å². The Bertz CT molecular complexity index is 810. The van der Waals surface area contributed by atoms with Crippen molar-refractivity contribution in [2.75, 3.05) is 25.1 Å².